The number of imidazole rings is 2. The van der Waals surface area contributed by atoms with Crippen molar-refractivity contribution in [1.29, 1.82) is 0 Å². The quantitative estimate of drug-likeness (QED) is 0.0991. The van der Waals surface area contributed by atoms with E-state index < -0.39 is 24.3 Å². The Kier molecular flexibility index (Phi) is 14.5. The van der Waals surface area contributed by atoms with Crippen LogP contribution < -0.4 is 10.6 Å². The van der Waals surface area contributed by atoms with E-state index in [2.05, 4.69) is 67.8 Å². The van der Waals surface area contributed by atoms with Gasteiger partial charge in [-0.25, -0.2) is 19.6 Å². The molecular weight excluding hydrogens is 908 g/mol. The number of alkyl carbamates (subject to hydrolysis) is 2. The second-order valence-corrected chi connectivity index (χ2v) is 18.0. The van der Waals surface area contributed by atoms with Crippen LogP contribution in [0.25, 0.3) is 53.9 Å². The lowest BCUT2D eigenvalue weighted by Gasteiger charge is -2.29. The first-order valence-corrected chi connectivity index (χ1v) is 22.9. The van der Waals surface area contributed by atoms with Crippen molar-refractivity contribution < 1.29 is 28.7 Å². The molecule has 4 aromatic heterocycles. The molecule has 0 aliphatic carbocycles. The van der Waals surface area contributed by atoms with Crippen LogP contribution in [0, 0.1) is 5.92 Å². The van der Waals surface area contributed by atoms with Gasteiger partial charge in [0.05, 0.1) is 58.6 Å². The van der Waals surface area contributed by atoms with Crippen LogP contribution in [0.5, 0.6) is 0 Å². The van der Waals surface area contributed by atoms with Crippen molar-refractivity contribution >= 4 is 91.9 Å². The predicted molar refractivity (Wildman–Crippen MR) is 259 cm³/mol. The lowest BCUT2D eigenvalue weighted by atomic mass is 10.0. The van der Waals surface area contributed by atoms with Crippen LogP contribution in [-0.2, 0) is 19.1 Å². The molecule has 0 radical (unpaired) electrons. The van der Waals surface area contributed by atoms with Gasteiger partial charge in [-0.2, -0.15) is 0 Å². The zero-order valence-corrected chi connectivity index (χ0v) is 39.4. The highest BCUT2D eigenvalue weighted by atomic mass is 35.5. The van der Waals surface area contributed by atoms with Gasteiger partial charge < -0.3 is 39.9 Å². The third-order valence-corrected chi connectivity index (χ3v) is 14.3. The molecule has 4 atom stereocenters. The first-order valence-electron chi connectivity index (χ1n) is 21.1. The van der Waals surface area contributed by atoms with Crippen LogP contribution in [0.3, 0.4) is 0 Å². The number of nitrogens with zero attached hydrogens (tertiary/aromatic N) is 4. The fourth-order valence-corrected chi connectivity index (χ4v) is 11.3. The van der Waals surface area contributed by atoms with Crippen molar-refractivity contribution in [1.82, 2.24) is 40.4 Å². The summed E-state index contributed by atoms with van der Waals surface area (Å²) >= 11 is 3.46. The van der Waals surface area contributed by atoms with Crippen molar-refractivity contribution in [3.8, 4) is 33.5 Å². The van der Waals surface area contributed by atoms with Crippen LogP contribution in [0.15, 0.2) is 89.8 Å². The molecular formula is C47H50Cl2N8O6S2. The van der Waals surface area contributed by atoms with Crippen molar-refractivity contribution in [2.24, 2.45) is 5.92 Å². The molecule has 0 unspecified atom stereocenters. The van der Waals surface area contributed by atoms with E-state index in [-0.39, 0.29) is 54.6 Å². The van der Waals surface area contributed by atoms with E-state index in [9.17, 15) is 19.2 Å². The lowest BCUT2D eigenvalue weighted by Crippen LogP contribution is -2.51. The number of rotatable bonds is 11. The molecule has 0 bridgehead atoms. The molecule has 4 amide bonds. The number of thiophene rings is 2. The number of carbonyl (C=O) groups is 4. The minimum atomic E-state index is -0.880. The SMILES string of the molecule is COC(=O)N[C@H](C(=O)N1CCC[C@H]1c1nc2ccc(-c3csc4c(-c5ccc(-c6cnc([C@@H]7CCCN7C(=O)[C@H](NC(=O)OC)c7ccccc7)[nH]6)cc5)csc34)cc2[nH]1)C(C)C.Cl.Cl. The molecule has 9 rings (SSSR count). The number of halogens is 2. The van der Waals surface area contributed by atoms with E-state index in [1.54, 1.807) is 27.6 Å². The number of benzene rings is 3. The molecule has 18 heteroatoms. The van der Waals surface area contributed by atoms with Crippen molar-refractivity contribution in [2.45, 2.75) is 63.7 Å². The number of carbonyl (C=O) groups excluding carboxylic acids is 4. The molecule has 2 saturated heterocycles. The van der Waals surface area contributed by atoms with Crippen molar-refractivity contribution in [2.75, 3.05) is 27.3 Å². The van der Waals surface area contributed by atoms with Gasteiger partial charge in [-0.05, 0) is 66.0 Å². The van der Waals surface area contributed by atoms with Gasteiger partial charge in [0.1, 0.15) is 23.7 Å². The van der Waals surface area contributed by atoms with E-state index in [1.807, 2.05) is 61.3 Å². The minimum absolute atomic E-state index is 0. The highest BCUT2D eigenvalue weighted by molar-refractivity contribution is 7.27. The number of methoxy groups -OCH3 is 2. The Hall–Kier alpha value is -5.94. The molecule has 14 nitrogen and oxygen atoms in total. The lowest BCUT2D eigenvalue weighted by molar-refractivity contribution is -0.135. The average Bonchev–Trinajstić information content (AvgIpc) is 4.17. The monoisotopic (exact) mass is 956 g/mol. The Bertz CT molecular complexity index is 2810. The Morgan fingerprint density at radius 1 is 0.723 bits per heavy atom. The second-order valence-electron chi connectivity index (χ2n) is 16.3. The van der Waals surface area contributed by atoms with Crippen LogP contribution in [0.2, 0.25) is 0 Å². The van der Waals surface area contributed by atoms with Gasteiger partial charge in [-0.15, -0.1) is 47.5 Å². The molecule has 6 heterocycles. The molecule has 4 N–H and O–H groups in total. The Morgan fingerprint density at radius 3 is 1.95 bits per heavy atom. The van der Waals surface area contributed by atoms with Gasteiger partial charge in [0.2, 0.25) is 5.91 Å². The molecule has 65 heavy (non-hydrogen) atoms. The normalized spacial score (nSPS) is 16.8. The molecule has 0 saturated carbocycles. The summed E-state index contributed by atoms with van der Waals surface area (Å²) in [6, 6.07) is 21.9. The molecule has 2 aliphatic rings. The number of amides is 4. The van der Waals surface area contributed by atoms with Crippen LogP contribution in [-0.4, -0.2) is 87.1 Å². The number of hydrogen-bond donors (Lipinski definition) is 4. The summed E-state index contributed by atoms with van der Waals surface area (Å²) in [5, 5.41) is 9.88. The highest BCUT2D eigenvalue weighted by Gasteiger charge is 2.39. The molecule has 2 fully saturated rings. The van der Waals surface area contributed by atoms with Crippen LogP contribution in [0.1, 0.15) is 74.9 Å². The van der Waals surface area contributed by atoms with E-state index in [1.165, 1.54) is 29.2 Å². The molecule has 3 aromatic carbocycles. The third-order valence-electron chi connectivity index (χ3n) is 12.1. The summed E-state index contributed by atoms with van der Waals surface area (Å²) in [6.45, 7) is 4.97. The Balaban J connectivity index is 0.00000315. The molecule has 7 aromatic rings. The topological polar surface area (TPSA) is 175 Å². The van der Waals surface area contributed by atoms with E-state index >= 15 is 0 Å². The summed E-state index contributed by atoms with van der Waals surface area (Å²) in [7, 11) is 2.58. The predicted octanol–water partition coefficient (Wildman–Crippen LogP) is 10.2. The number of aromatic nitrogens is 4. The fraction of sp³-hybridized carbons (Fsp3) is 0.319. The van der Waals surface area contributed by atoms with Crippen LogP contribution >= 0.6 is 47.5 Å². The van der Waals surface area contributed by atoms with E-state index in [0.29, 0.717) is 24.5 Å². The van der Waals surface area contributed by atoms with Gasteiger partial charge >= 0.3 is 12.2 Å². The van der Waals surface area contributed by atoms with E-state index in [0.717, 1.165) is 70.5 Å². The van der Waals surface area contributed by atoms with Gasteiger partial charge in [0, 0.05) is 35.0 Å². The van der Waals surface area contributed by atoms with Crippen LogP contribution in [0.4, 0.5) is 9.59 Å². The Labute approximate surface area is 396 Å². The maximum Gasteiger partial charge on any atom is 0.407 e. The summed E-state index contributed by atoms with van der Waals surface area (Å²) in [6.07, 6.45) is 3.73. The smallest absolute Gasteiger partial charge is 0.407 e. The largest absolute Gasteiger partial charge is 0.453 e. The maximum atomic E-state index is 14.0. The number of likely N-dealkylation sites (tertiary alicyclic amines) is 2. The van der Waals surface area contributed by atoms with E-state index in [4.69, 9.17) is 19.4 Å². The summed E-state index contributed by atoms with van der Waals surface area (Å²) in [5.41, 5.74) is 8.80. The Morgan fingerprint density at radius 2 is 1.31 bits per heavy atom. The highest BCUT2D eigenvalue weighted by Crippen LogP contribution is 2.45. The maximum absolute atomic E-state index is 14.0. The van der Waals surface area contributed by atoms with Crippen molar-refractivity contribution in [3.63, 3.8) is 0 Å². The minimum Gasteiger partial charge on any atom is -0.453 e. The zero-order valence-electron chi connectivity index (χ0n) is 36.2. The number of hydrogen-bond acceptors (Lipinski definition) is 10. The van der Waals surface area contributed by atoms with Gasteiger partial charge in [0.15, 0.2) is 0 Å². The standard InChI is InChI=1S/C47H48N8O6S2.2ClH/c1-26(2)38(52-46(58)60-3)44(56)55-21-9-13-37(55)43-49-33-19-18-30(22-34(33)50-43)32-25-63-40-31(24-62-41(32)40)27-14-16-28(17-15-27)35-23-48-42(51-35)36-12-8-20-54(36)45(57)39(53-47(59)61-4)29-10-6-5-7-11-29;;/h5-7,10-11,14-19,22-26,36-39H,8-9,12-13,20-21H2,1-4H3,(H,48,51)(H,49,50)(H,52,58)(H,53,59);2*1H/t36-,37-,38-,39+;;/m0../s1. The fourth-order valence-electron chi connectivity index (χ4n) is 8.84. The molecule has 340 valence electrons. The van der Waals surface area contributed by atoms with Gasteiger partial charge in [0.25, 0.3) is 5.91 Å². The second kappa shape index (κ2) is 20.1. The zero-order chi connectivity index (χ0) is 43.8. The third kappa shape index (κ3) is 9.30. The first-order chi connectivity index (χ1) is 30.6. The number of H-pyrrole nitrogens is 2. The average molecular weight is 958 g/mol. The number of aromatic amines is 2. The summed E-state index contributed by atoms with van der Waals surface area (Å²) in [4.78, 5) is 72.3. The van der Waals surface area contributed by atoms with Crippen molar-refractivity contribution in [3.05, 3.63) is 107 Å². The molecule has 0 spiro atoms. The van der Waals surface area contributed by atoms with Gasteiger partial charge in [-0.1, -0.05) is 74.5 Å². The number of fused-ring (bicyclic) bond motifs is 2. The first kappa shape index (κ1) is 47.0. The summed E-state index contributed by atoms with van der Waals surface area (Å²) in [5.74, 6) is 1.00. The number of nitrogens with one attached hydrogen (secondary N) is 4. The molecule has 2 aliphatic heterocycles. The summed E-state index contributed by atoms with van der Waals surface area (Å²) < 4.78 is 12.1. The van der Waals surface area contributed by atoms with Gasteiger partial charge in [-0.3, -0.25) is 9.59 Å². The number of ether oxygens (including phenoxy) is 2.